The lowest BCUT2D eigenvalue weighted by Crippen LogP contribution is -2.07. The molecule has 3 nitrogen and oxygen atoms in total. The summed E-state index contributed by atoms with van der Waals surface area (Å²) >= 11 is 0. The fourth-order valence-electron chi connectivity index (χ4n) is 2.41. The molecule has 0 unspecified atom stereocenters. The van der Waals surface area contributed by atoms with E-state index >= 15 is 0 Å². The smallest absolute Gasteiger partial charge is 0.129 e. The molecule has 0 aliphatic carbocycles. The van der Waals surface area contributed by atoms with Crippen molar-refractivity contribution in [3.8, 4) is 0 Å². The van der Waals surface area contributed by atoms with E-state index in [1.165, 1.54) is 16.9 Å². The predicted octanol–water partition coefficient (Wildman–Crippen LogP) is 3.07. The number of benzene rings is 1. The van der Waals surface area contributed by atoms with Gasteiger partial charge in [-0.3, -0.25) is 0 Å². The van der Waals surface area contributed by atoms with Crippen molar-refractivity contribution in [3.63, 3.8) is 0 Å². The molecular weight excluding hydrogens is 210 g/mol. The standard InChI is InChI=1S/C14H17N3/c1-2-5-11-9-15-14(16-11)13-8-10-6-3-4-7-12(10)17-13/h3-4,6-7,9,13,17H,2,5,8H2,1H3,(H,15,16)/t13-/m1/s1. The molecule has 2 heterocycles. The third-order valence-electron chi connectivity index (χ3n) is 3.27. The highest BCUT2D eigenvalue weighted by Crippen LogP contribution is 2.32. The monoisotopic (exact) mass is 227 g/mol. The summed E-state index contributed by atoms with van der Waals surface area (Å²) in [5, 5.41) is 3.51. The first kappa shape index (κ1) is 10.4. The van der Waals surface area contributed by atoms with E-state index in [9.17, 15) is 0 Å². The zero-order valence-electron chi connectivity index (χ0n) is 10.0. The molecule has 0 fully saturated rings. The Labute approximate surface area is 101 Å². The Balaban J connectivity index is 1.79. The van der Waals surface area contributed by atoms with Gasteiger partial charge in [0.25, 0.3) is 0 Å². The van der Waals surface area contributed by atoms with Crippen LogP contribution < -0.4 is 5.32 Å². The first-order valence-corrected chi connectivity index (χ1v) is 6.25. The quantitative estimate of drug-likeness (QED) is 0.846. The third-order valence-corrected chi connectivity index (χ3v) is 3.27. The van der Waals surface area contributed by atoms with Crippen LogP contribution >= 0.6 is 0 Å². The molecule has 3 rings (SSSR count). The predicted molar refractivity (Wildman–Crippen MR) is 69.1 cm³/mol. The molecule has 1 aliphatic heterocycles. The van der Waals surface area contributed by atoms with Crippen LogP contribution in [0, 0.1) is 0 Å². The first-order valence-electron chi connectivity index (χ1n) is 6.25. The van der Waals surface area contributed by atoms with E-state index in [4.69, 9.17) is 0 Å². The second-order valence-electron chi connectivity index (χ2n) is 4.60. The lowest BCUT2D eigenvalue weighted by atomic mass is 10.1. The number of aromatic amines is 1. The highest BCUT2D eigenvalue weighted by atomic mass is 15.0. The number of hydrogen-bond acceptors (Lipinski definition) is 2. The molecule has 0 saturated heterocycles. The SMILES string of the molecule is CCCc1cnc([C@H]2Cc3ccccc3N2)[nH]1. The molecule has 0 saturated carbocycles. The van der Waals surface area contributed by atoms with Crippen LogP contribution in [0.15, 0.2) is 30.5 Å². The second-order valence-corrected chi connectivity index (χ2v) is 4.60. The van der Waals surface area contributed by atoms with Gasteiger partial charge in [-0.25, -0.2) is 4.98 Å². The van der Waals surface area contributed by atoms with Gasteiger partial charge in [0.05, 0.1) is 6.04 Å². The van der Waals surface area contributed by atoms with Crippen molar-refractivity contribution in [1.29, 1.82) is 0 Å². The Bertz CT molecular complexity index is 491. The molecule has 2 N–H and O–H groups in total. The van der Waals surface area contributed by atoms with Gasteiger partial charge < -0.3 is 10.3 Å². The molecule has 17 heavy (non-hydrogen) atoms. The Hall–Kier alpha value is -1.77. The number of fused-ring (bicyclic) bond motifs is 1. The van der Waals surface area contributed by atoms with Crippen molar-refractivity contribution in [3.05, 3.63) is 47.5 Å². The minimum atomic E-state index is 0.304. The van der Waals surface area contributed by atoms with E-state index in [1.54, 1.807) is 0 Å². The molecule has 0 radical (unpaired) electrons. The van der Waals surface area contributed by atoms with Crippen LogP contribution in [0.3, 0.4) is 0 Å². The maximum absolute atomic E-state index is 4.48. The molecule has 0 amide bonds. The van der Waals surface area contributed by atoms with Crippen molar-refractivity contribution in [2.24, 2.45) is 0 Å². The largest absolute Gasteiger partial charge is 0.375 e. The molecule has 0 bridgehead atoms. The second kappa shape index (κ2) is 4.24. The maximum atomic E-state index is 4.48. The summed E-state index contributed by atoms with van der Waals surface area (Å²) in [7, 11) is 0. The van der Waals surface area contributed by atoms with Gasteiger partial charge in [-0.15, -0.1) is 0 Å². The number of anilines is 1. The molecule has 0 spiro atoms. The van der Waals surface area contributed by atoms with Gasteiger partial charge in [0.1, 0.15) is 5.82 Å². The van der Waals surface area contributed by atoms with Crippen LogP contribution in [0.4, 0.5) is 5.69 Å². The molecular formula is C14H17N3. The van der Waals surface area contributed by atoms with Crippen molar-refractivity contribution in [1.82, 2.24) is 9.97 Å². The van der Waals surface area contributed by atoms with Crippen LogP contribution in [0.1, 0.15) is 36.5 Å². The summed E-state index contributed by atoms with van der Waals surface area (Å²) in [4.78, 5) is 7.90. The fourth-order valence-corrected chi connectivity index (χ4v) is 2.41. The normalized spacial score (nSPS) is 17.8. The Morgan fingerprint density at radius 1 is 1.35 bits per heavy atom. The number of rotatable bonds is 3. The Morgan fingerprint density at radius 3 is 3.06 bits per heavy atom. The number of imidazole rings is 1. The third kappa shape index (κ3) is 1.93. The molecule has 1 atom stereocenters. The average molecular weight is 227 g/mol. The summed E-state index contributed by atoms with van der Waals surface area (Å²) < 4.78 is 0. The van der Waals surface area contributed by atoms with Crippen molar-refractivity contribution in [2.75, 3.05) is 5.32 Å². The Morgan fingerprint density at radius 2 is 2.24 bits per heavy atom. The highest BCUT2D eigenvalue weighted by Gasteiger charge is 2.23. The number of nitrogens with one attached hydrogen (secondary N) is 2. The van der Waals surface area contributed by atoms with E-state index in [0.717, 1.165) is 25.1 Å². The molecule has 3 heteroatoms. The average Bonchev–Trinajstić information content (AvgIpc) is 2.94. The summed E-state index contributed by atoms with van der Waals surface area (Å²) in [6.45, 7) is 2.18. The lowest BCUT2D eigenvalue weighted by molar-refractivity contribution is 0.756. The molecule has 1 aliphatic rings. The van der Waals surface area contributed by atoms with Gasteiger partial charge in [0, 0.05) is 24.0 Å². The molecule has 88 valence electrons. The van der Waals surface area contributed by atoms with Crippen molar-refractivity contribution in [2.45, 2.75) is 32.2 Å². The number of aryl methyl sites for hydroxylation is 1. The van der Waals surface area contributed by atoms with Crippen molar-refractivity contribution >= 4 is 5.69 Å². The topological polar surface area (TPSA) is 40.7 Å². The van der Waals surface area contributed by atoms with Crippen LogP contribution in [-0.4, -0.2) is 9.97 Å². The highest BCUT2D eigenvalue weighted by molar-refractivity contribution is 5.57. The summed E-state index contributed by atoms with van der Waals surface area (Å²) in [5.41, 5.74) is 3.86. The van der Waals surface area contributed by atoms with E-state index in [1.807, 2.05) is 6.20 Å². The van der Waals surface area contributed by atoms with Gasteiger partial charge in [-0.2, -0.15) is 0 Å². The Kier molecular flexibility index (Phi) is 2.59. The fraction of sp³-hybridized carbons (Fsp3) is 0.357. The van der Waals surface area contributed by atoms with Gasteiger partial charge in [0.15, 0.2) is 0 Å². The number of H-pyrrole nitrogens is 1. The van der Waals surface area contributed by atoms with Gasteiger partial charge in [-0.05, 0) is 18.1 Å². The summed E-state index contributed by atoms with van der Waals surface area (Å²) in [6.07, 6.45) is 5.21. The lowest BCUT2D eigenvalue weighted by Gasteiger charge is -2.07. The first-order chi connectivity index (χ1) is 8.36. The van der Waals surface area contributed by atoms with E-state index < -0.39 is 0 Å². The van der Waals surface area contributed by atoms with Crippen LogP contribution in [0.25, 0.3) is 0 Å². The summed E-state index contributed by atoms with van der Waals surface area (Å²) in [5.74, 6) is 1.06. The van der Waals surface area contributed by atoms with Crippen LogP contribution in [0.2, 0.25) is 0 Å². The molecule has 2 aromatic rings. The van der Waals surface area contributed by atoms with E-state index in [-0.39, 0.29) is 0 Å². The zero-order chi connectivity index (χ0) is 11.7. The minimum Gasteiger partial charge on any atom is -0.375 e. The number of para-hydroxylation sites is 1. The van der Waals surface area contributed by atoms with E-state index in [0.29, 0.717) is 6.04 Å². The van der Waals surface area contributed by atoms with Crippen molar-refractivity contribution < 1.29 is 0 Å². The van der Waals surface area contributed by atoms with Gasteiger partial charge in [-0.1, -0.05) is 31.5 Å². The maximum Gasteiger partial charge on any atom is 0.129 e. The number of aromatic nitrogens is 2. The zero-order valence-corrected chi connectivity index (χ0v) is 10.0. The van der Waals surface area contributed by atoms with Gasteiger partial charge >= 0.3 is 0 Å². The van der Waals surface area contributed by atoms with Crippen LogP contribution in [-0.2, 0) is 12.8 Å². The summed E-state index contributed by atoms with van der Waals surface area (Å²) in [6, 6.07) is 8.77. The minimum absolute atomic E-state index is 0.304. The molecule has 1 aromatic carbocycles. The van der Waals surface area contributed by atoms with Gasteiger partial charge in [0.2, 0.25) is 0 Å². The van der Waals surface area contributed by atoms with E-state index in [2.05, 4.69) is 46.5 Å². The number of hydrogen-bond donors (Lipinski definition) is 2. The van der Waals surface area contributed by atoms with Crippen LogP contribution in [0.5, 0.6) is 0 Å². The molecule has 1 aromatic heterocycles. The number of nitrogens with zero attached hydrogens (tertiary/aromatic N) is 1.